The van der Waals surface area contributed by atoms with Crippen LogP contribution in [0.2, 0.25) is 0 Å². The number of aromatic nitrogens is 2. The minimum Gasteiger partial charge on any atom is -0.480 e. The van der Waals surface area contributed by atoms with Gasteiger partial charge in [-0.1, -0.05) is 18.2 Å². The lowest BCUT2D eigenvalue weighted by Gasteiger charge is -2.26. The predicted octanol–water partition coefficient (Wildman–Crippen LogP) is 3.37. The standard InChI is InChI=1S/C20H25N3O5/c1-5-10-22-15-9-7-6-8-14(15)21-18(22)27-13-11-16(17(24)25)23(12-13)19(26)28-20(2,3)4/h5-10,13,16H,11-12H2,1-4H3,(H,24,25)/b10-5+/t13?,16-/m0/s1. The van der Waals surface area contributed by atoms with Gasteiger partial charge in [0.25, 0.3) is 0 Å². The zero-order valence-electron chi connectivity index (χ0n) is 16.5. The average Bonchev–Trinajstić information content (AvgIpc) is 3.17. The number of carbonyl (C=O) groups excluding carboxylic acids is 1. The highest BCUT2D eigenvalue weighted by molar-refractivity contribution is 5.81. The lowest BCUT2D eigenvalue weighted by molar-refractivity contribution is -0.142. The molecule has 0 saturated carbocycles. The van der Waals surface area contributed by atoms with Crippen molar-refractivity contribution in [2.75, 3.05) is 6.54 Å². The molecule has 1 fully saturated rings. The Kier molecular flexibility index (Phi) is 5.31. The highest BCUT2D eigenvalue weighted by Gasteiger charge is 2.43. The van der Waals surface area contributed by atoms with Crippen molar-refractivity contribution >= 4 is 29.3 Å². The molecule has 8 heteroatoms. The number of likely N-dealkylation sites (tertiary alicyclic amines) is 1. The molecule has 2 aromatic rings. The van der Waals surface area contributed by atoms with Crippen LogP contribution >= 0.6 is 0 Å². The van der Waals surface area contributed by atoms with Gasteiger partial charge in [-0.15, -0.1) is 0 Å². The van der Waals surface area contributed by atoms with Gasteiger partial charge in [0.1, 0.15) is 17.7 Å². The number of carboxylic acids is 1. The monoisotopic (exact) mass is 387 g/mol. The molecule has 1 aromatic carbocycles. The van der Waals surface area contributed by atoms with E-state index in [4.69, 9.17) is 9.47 Å². The average molecular weight is 387 g/mol. The summed E-state index contributed by atoms with van der Waals surface area (Å²) in [7, 11) is 0. The largest absolute Gasteiger partial charge is 0.480 e. The van der Waals surface area contributed by atoms with Gasteiger partial charge >= 0.3 is 18.1 Å². The summed E-state index contributed by atoms with van der Waals surface area (Å²) < 4.78 is 13.2. The number of hydrogen-bond donors (Lipinski definition) is 1. The summed E-state index contributed by atoms with van der Waals surface area (Å²) in [6.07, 6.45) is 2.69. The van der Waals surface area contributed by atoms with Crippen molar-refractivity contribution in [3.05, 3.63) is 30.3 Å². The van der Waals surface area contributed by atoms with Gasteiger partial charge in [-0.2, -0.15) is 4.98 Å². The van der Waals surface area contributed by atoms with E-state index in [9.17, 15) is 14.7 Å². The summed E-state index contributed by atoms with van der Waals surface area (Å²) in [5.74, 6) is -1.08. The smallest absolute Gasteiger partial charge is 0.411 e. The topological polar surface area (TPSA) is 93.9 Å². The van der Waals surface area contributed by atoms with E-state index < -0.39 is 29.8 Å². The molecule has 150 valence electrons. The van der Waals surface area contributed by atoms with Crippen molar-refractivity contribution in [3.8, 4) is 6.01 Å². The first kappa shape index (κ1) is 19.7. The molecule has 8 nitrogen and oxygen atoms in total. The van der Waals surface area contributed by atoms with Gasteiger partial charge < -0.3 is 14.6 Å². The first-order valence-corrected chi connectivity index (χ1v) is 9.18. The molecule has 1 saturated heterocycles. The second kappa shape index (κ2) is 7.53. The minimum atomic E-state index is -1.08. The summed E-state index contributed by atoms with van der Waals surface area (Å²) in [6, 6.07) is 6.97. The Morgan fingerprint density at radius 1 is 1.29 bits per heavy atom. The molecule has 1 N–H and O–H groups in total. The summed E-state index contributed by atoms with van der Waals surface area (Å²) in [4.78, 5) is 29.8. The number of benzene rings is 1. The van der Waals surface area contributed by atoms with E-state index in [1.807, 2.05) is 43.5 Å². The molecule has 1 aromatic heterocycles. The molecule has 0 aliphatic carbocycles. The van der Waals surface area contributed by atoms with Gasteiger partial charge in [-0.25, -0.2) is 9.59 Å². The van der Waals surface area contributed by atoms with E-state index in [1.54, 1.807) is 25.3 Å². The number of carboxylic acid groups (broad SMARTS) is 1. The van der Waals surface area contributed by atoms with E-state index in [0.29, 0.717) is 6.01 Å². The van der Waals surface area contributed by atoms with Crippen LogP contribution in [0.25, 0.3) is 17.2 Å². The van der Waals surface area contributed by atoms with Crippen LogP contribution < -0.4 is 4.74 Å². The van der Waals surface area contributed by atoms with Crippen molar-refractivity contribution in [2.24, 2.45) is 0 Å². The van der Waals surface area contributed by atoms with Gasteiger partial charge in [-0.3, -0.25) is 9.47 Å². The van der Waals surface area contributed by atoms with E-state index in [-0.39, 0.29) is 13.0 Å². The Labute approximate surface area is 163 Å². The van der Waals surface area contributed by atoms with Crippen molar-refractivity contribution in [3.63, 3.8) is 0 Å². The number of fused-ring (bicyclic) bond motifs is 1. The van der Waals surface area contributed by atoms with Crippen LogP contribution in [0.4, 0.5) is 4.79 Å². The molecule has 1 unspecified atom stereocenters. The first-order valence-electron chi connectivity index (χ1n) is 9.18. The van der Waals surface area contributed by atoms with Crippen LogP contribution in [-0.4, -0.2) is 55.9 Å². The van der Waals surface area contributed by atoms with Gasteiger partial charge in [0.15, 0.2) is 0 Å². The second-order valence-corrected chi connectivity index (χ2v) is 7.70. The lowest BCUT2D eigenvalue weighted by Crippen LogP contribution is -2.43. The molecule has 0 radical (unpaired) electrons. The Bertz CT molecular complexity index is 912. The molecule has 2 heterocycles. The normalized spacial score (nSPS) is 20.1. The number of amides is 1. The van der Waals surface area contributed by atoms with E-state index in [1.165, 1.54) is 4.90 Å². The number of hydrogen-bond acceptors (Lipinski definition) is 5. The van der Waals surface area contributed by atoms with Crippen LogP contribution in [0.1, 0.15) is 34.1 Å². The van der Waals surface area contributed by atoms with Crippen LogP contribution in [-0.2, 0) is 9.53 Å². The maximum atomic E-state index is 12.4. The van der Waals surface area contributed by atoms with Crippen molar-refractivity contribution in [1.29, 1.82) is 0 Å². The van der Waals surface area contributed by atoms with E-state index in [2.05, 4.69) is 4.98 Å². The Morgan fingerprint density at radius 3 is 2.64 bits per heavy atom. The lowest BCUT2D eigenvalue weighted by atomic mass is 10.2. The molecule has 28 heavy (non-hydrogen) atoms. The number of aliphatic carboxylic acids is 1. The molecule has 0 spiro atoms. The van der Waals surface area contributed by atoms with Crippen LogP contribution in [0.15, 0.2) is 30.3 Å². The zero-order chi connectivity index (χ0) is 20.5. The summed E-state index contributed by atoms with van der Waals surface area (Å²) in [5, 5.41) is 9.53. The number of imidazole rings is 1. The molecule has 2 atom stereocenters. The Hall–Kier alpha value is -3.03. The van der Waals surface area contributed by atoms with Crippen molar-refractivity contribution < 1.29 is 24.2 Å². The summed E-state index contributed by atoms with van der Waals surface area (Å²) in [5.41, 5.74) is 0.943. The Balaban J connectivity index is 1.84. The number of allylic oxidation sites excluding steroid dienone is 1. The highest BCUT2D eigenvalue weighted by atomic mass is 16.6. The summed E-state index contributed by atoms with van der Waals surface area (Å²) in [6.45, 7) is 7.22. The maximum Gasteiger partial charge on any atom is 0.411 e. The van der Waals surface area contributed by atoms with Gasteiger partial charge in [0.05, 0.1) is 17.6 Å². The maximum absolute atomic E-state index is 12.4. The number of carbonyl (C=O) groups is 2. The highest BCUT2D eigenvalue weighted by Crippen LogP contribution is 2.28. The van der Waals surface area contributed by atoms with Crippen molar-refractivity contribution in [2.45, 2.75) is 51.9 Å². The van der Waals surface area contributed by atoms with E-state index in [0.717, 1.165) is 11.0 Å². The SMILES string of the molecule is C/C=C/n1c(OC2C[C@@H](C(=O)O)N(C(=O)OC(C)(C)C)C2)nc2ccccc21. The predicted molar refractivity (Wildman–Crippen MR) is 104 cm³/mol. The molecule has 1 aliphatic rings. The number of rotatable bonds is 4. The fraction of sp³-hybridized carbons (Fsp3) is 0.450. The van der Waals surface area contributed by atoms with Gasteiger partial charge in [-0.05, 0) is 39.8 Å². The fourth-order valence-corrected chi connectivity index (χ4v) is 3.19. The minimum absolute atomic E-state index is 0.116. The van der Waals surface area contributed by atoms with Crippen LogP contribution in [0.5, 0.6) is 6.01 Å². The quantitative estimate of drug-likeness (QED) is 0.864. The van der Waals surface area contributed by atoms with Crippen LogP contribution in [0, 0.1) is 0 Å². The third-order valence-corrected chi connectivity index (χ3v) is 4.31. The molecular weight excluding hydrogens is 362 g/mol. The van der Waals surface area contributed by atoms with Gasteiger partial charge in [0, 0.05) is 12.6 Å². The zero-order valence-corrected chi connectivity index (χ0v) is 16.5. The van der Waals surface area contributed by atoms with Gasteiger partial charge in [0.2, 0.25) is 0 Å². The molecular formula is C20H25N3O5. The Morgan fingerprint density at radius 2 is 2.00 bits per heavy atom. The number of ether oxygens (including phenoxy) is 2. The second-order valence-electron chi connectivity index (χ2n) is 7.70. The van der Waals surface area contributed by atoms with Crippen LogP contribution in [0.3, 0.4) is 0 Å². The number of para-hydroxylation sites is 2. The van der Waals surface area contributed by atoms with Crippen molar-refractivity contribution in [1.82, 2.24) is 14.5 Å². The third-order valence-electron chi connectivity index (χ3n) is 4.31. The number of nitrogens with zero attached hydrogens (tertiary/aromatic N) is 3. The molecule has 0 bridgehead atoms. The first-order chi connectivity index (χ1) is 13.2. The summed E-state index contributed by atoms with van der Waals surface area (Å²) >= 11 is 0. The van der Waals surface area contributed by atoms with E-state index >= 15 is 0 Å². The molecule has 1 amide bonds. The fourth-order valence-electron chi connectivity index (χ4n) is 3.19. The molecule has 1 aliphatic heterocycles. The third kappa shape index (κ3) is 4.11. The molecule has 3 rings (SSSR count).